The standard InChI is InChI=1S/C16H24N2O2/c1-12-9-14(11-17-10-12)16(19)18-8-7-13-5-3-4-6-15(13)20-2/h3-6,12,14,17H,7-11H2,1-2H3,(H,18,19). The van der Waals surface area contributed by atoms with Crippen LogP contribution in [0.1, 0.15) is 18.9 Å². The van der Waals surface area contributed by atoms with E-state index in [2.05, 4.69) is 17.6 Å². The Morgan fingerprint density at radius 3 is 2.95 bits per heavy atom. The average Bonchev–Trinajstić information content (AvgIpc) is 2.47. The van der Waals surface area contributed by atoms with Gasteiger partial charge in [0.1, 0.15) is 5.75 Å². The Labute approximate surface area is 120 Å². The van der Waals surface area contributed by atoms with Crippen LogP contribution in [0.4, 0.5) is 0 Å². The average molecular weight is 276 g/mol. The van der Waals surface area contributed by atoms with E-state index in [1.807, 2.05) is 24.3 Å². The molecule has 1 heterocycles. The smallest absolute Gasteiger partial charge is 0.224 e. The minimum atomic E-state index is 0.108. The van der Waals surface area contributed by atoms with Crippen LogP contribution in [0.15, 0.2) is 24.3 Å². The van der Waals surface area contributed by atoms with E-state index < -0.39 is 0 Å². The summed E-state index contributed by atoms with van der Waals surface area (Å²) in [5.74, 6) is 1.73. The fourth-order valence-corrected chi connectivity index (χ4v) is 2.73. The van der Waals surface area contributed by atoms with Crippen molar-refractivity contribution in [1.82, 2.24) is 10.6 Å². The Hall–Kier alpha value is -1.55. The number of nitrogens with one attached hydrogen (secondary N) is 2. The predicted molar refractivity (Wildman–Crippen MR) is 79.8 cm³/mol. The summed E-state index contributed by atoms with van der Waals surface area (Å²) in [6, 6.07) is 7.93. The van der Waals surface area contributed by atoms with Gasteiger partial charge in [-0.15, -0.1) is 0 Å². The van der Waals surface area contributed by atoms with Crippen LogP contribution in [0.3, 0.4) is 0 Å². The van der Waals surface area contributed by atoms with Crippen molar-refractivity contribution < 1.29 is 9.53 Å². The minimum Gasteiger partial charge on any atom is -0.496 e. The molecule has 1 fully saturated rings. The predicted octanol–water partition coefficient (Wildman–Crippen LogP) is 1.60. The highest BCUT2D eigenvalue weighted by Gasteiger charge is 2.24. The number of hydrogen-bond donors (Lipinski definition) is 2. The van der Waals surface area contributed by atoms with Gasteiger partial charge in [-0.1, -0.05) is 25.1 Å². The van der Waals surface area contributed by atoms with Gasteiger partial charge in [-0.25, -0.2) is 0 Å². The van der Waals surface area contributed by atoms with Crippen molar-refractivity contribution in [2.24, 2.45) is 11.8 Å². The fourth-order valence-electron chi connectivity index (χ4n) is 2.73. The van der Waals surface area contributed by atoms with E-state index in [0.29, 0.717) is 12.5 Å². The van der Waals surface area contributed by atoms with Gasteiger partial charge in [0.2, 0.25) is 5.91 Å². The normalized spacial score (nSPS) is 22.3. The molecule has 0 aromatic heterocycles. The Bertz CT molecular complexity index is 448. The highest BCUT2D eigenvalue weighted by Crippen LogP contribution is 2.18. The molecule has 2 atom stereocenters. The van der Waals surface area contributed by atoms with Crippen LogP contribution in [0.5, 0.6) is 5.75 Å². The number of carbonyl (C=O) groups excluding carboxylic acids is 1. The summed E-state index contributed by atoms with van der Waals surface area (Å²) in [6.45, 7) is 4.65. The van der Waals surface area contributed by atoms with Crippen LogP contribution in [-0.4, -0.2) is 32.7 Å². The number of amides is 1. The molecule has 1 aliphatic rings. The van der Waals surface area contributed by atoms with E-state index in [1.54, 1.807) is 7.11 Å². The summed E-state index contributed by atoms with van der Waals surface area (Å²) in [7, 11) is 1.67. The first-order valence-electron chi connectivity index (χ1n) is 7.31. The molecule has 4 nitrogen and oxygen atoms in total. The molecule has 1 aliphatic heterocycles. The number of para-hydroxylation sites is 1. The SMILES string of the molecule is COc1ccccc1CCNC(=O)C1CNCC(C)C1. The first-order valence-corrected chi connectivity index (χ1v) is 7.31. The molecule has 1 saturated heterocycles. The highest BCUT2D eigenvalue weighted by molar-refractivity contribution is 5.79. The zero-order valence-electron chi connectivity index (χ0n) is 12.3. The Kier molecular flexibility index (Phi) is 5.41. The number of methoxy groups -OCH3 is 1. The van der Waals surface area contributed by atoms with E-state index in [0.717, 1.165) is 37.2 Å². The molecular formula is C16H24N2O2. The third-order valence-electron chi connectivity index (χ3n) is 3.83. The van der Waals surface area contributed by atoms with Crippen molar-refractivity contribution in [2.75, 3.05) is 26.7 Å². The van der Waals surface area contributed by atoms with Crippen LogP contribution in [0.2, 0.25) is 0 Å². The second kappa shape index (κ2) is 7.29. The van der Waals surface area contributed by atoms with Gasteiger partial charge in [0, 0.05) is 13.1 Å². The largest absolute Gasteiger partial charge is 0.496 e. The van der Waals surface area contributed by atoms with Gasteiger partial charge in [-0.3, -0.25) is 4.79 Å². The molecule has 2 N–H and O–H groups in total. The molecule has 20 heavy (non-hydrogen) atoms. The highest BCUT2D eigenvalue weighted by atomic mass is 16.5. The lowest BCUT2D eigenvalue weighted by molar-refractivity contribution is -0.125. The Balaban J connectivity index is 1.79. The summed E-state index contributed by atoms with van der Waals surface area (Å²) in [4.78, 5) is 12.1. The first kappa shape index (κ1) is 14.9. The van der Waals surface area contributed by atoms with Crippen LogP contribution >= 0.6 is 0 Å². The molecule has 1 aromatic carbocycles. The molecule has 0 radical (unpaired) electrons. The van der Waals surface area contributed by atoms with Crippen molar-refractivity contribution in [3.63, 3.8) is 0 Å². The van der Waals surface area contributed by atoms with E-state index >= 15 is 0 Å². The number of ether oxygens (including phenoxy) is 1. The summed E-state index contributed by atoms with van der Waals surface area (Å²) in [5, 5.41) is 6.35. The summed E-state index contributed by atoms with van der Waals surface area (Å²) >= 11 is 0. The Morgan fingerprint density at radius 1 is 1.40 bits per heavy atom. The first-order chi connectivity index (χ1) is 9.70. The van der Waals surface area contributed by atoms with E-state index in [-0.39, 0.29) is 11.8 Å². The van der Waals surface area contributed by atoms with Crippen LogP contribution < -0.4 is 15.4 Å². The molecule has 110 valence electrons. The fraction of sp³-hybridized carbons (Fsp3) is 0.562. The van der Waals surface area contributed by atoms with Crippen molar-refractivity contribution in [1.29, 1.82) is 0 Å². The van der Waals surface area contributed by atoms with Crippen molar-refractivity contribution >= 4 is 5.91 Å². The number of hydrogen-bond acceptors (Lipinski definition) is 3. The molecule has 0 aliphatic carbocycles. The van der Waals surface area contributed by atoms with Crippen LogP contribution in [-0.2, 0) is 11.2 Å². The molecule has 2 unspecified atom stereocenters. The molecule has 0 bridgehead atoms. The van der Waals surface area contributed by atoms with Gasteiger partial charge < -0.3 is 15.4 Å². The second-order valence-electron chi connectivity index (χ2n) is 5.55. The van der Waals surface area contributed by atoms with Gasteiger partial charge in [-0.2, -0.15) is 0 Å². The van der Waals surface area contributed by atoms with Crippen LogP contribution in [0, 0.1) is 11.8 Å². The van der Waals surface area contributed by atoms with E-state index in [4.69, 9.17) is 4.74 Å². The zero-order chi connectivity index (χ0) is 14.4. The quantitative estimate of drug-likeness (QED) is 0.859. The summed E-state index contributed by atoms with van der Waals surface area (Å²) in [5.41, 5.74) is 1.13. The van der Waals surface area contributed by atoms with E-state index in [1.165, 1.54) is 0 Å². The summed E-state index contributed by atoms with van der Waals surface area (Å²) in [6.07, 6.45) is 1.78. The van der Waals surface area contributed by atoms with Crippen molar-refractivity contribution in [3.05, 3.63) is 29.8 Å². The lowest BCUT2D eigenvalue weighted by atomic mass is 9.91. The molecule has 0 spiro atoms. The third-order valence-corrected chi connectivity index (χ3v) is 3.83. The zero-order valence-corrected chi connectivity index (χ0v) is 12.3. The number of rotatable bonds is 5. The summed E-state index contributed by atoms with van der Waals surface area (Å²) < 4.78 is 5.31. The van der Waals surface area contributed by atoms with Gasteiger partial charge in [0.25, 0.3) is 0 Å². The van der Waals surface area contributed by atoms with Gasteiger partial charge in [0.05, 0.1) is 13.0 Å². The molecule has 1 amide bonds. The number of piperidine rings is 1. The maximum Gasteiger partial charge on any atom is 0.224 e. The maximum atomic E-state index is 12.1. The lowest BCUT2D eigenvalue weighted by Gasteiger charge is -2.26. The lowest BCUT2D eigenvalue weighted by Crippen LogP contribution is -2.43. The van der Waals surface area contributed by atoms with Crippen LogP contribution in [0.25, 0.3) is 0 Å². The molecule has 2 rings (SSSR count). The maximum absolute atomic E-state index is 12.1. The van der Waals surface area contributed by atoms with Gasteiger partial charge in [-0.05, 0) is 36.9 Å². The monoisotopic (exact) mass is 276 g/mol. The number of benzene rings is 1. The molecule has 1 aromatic rings. The van der Waals surface area contributed by atoms with E-state index in [9.17, 15) is 4.79 Å². The third kappa shape index (κ3) is 3.97. The molecule has 0 saturated carbocycles. The topological polar surface area (TPSA) is 50.4 Å². The molecular weight excluding hydrogens is 252 g/mol. The second-order valence-corrected chi connectivity index (χ2v) is 5.55. The Morgan fingerprint density at radius 2 is 2.20 bits per heavy atom. The van der Waals surface area contributed by atoms with Crippen molar-refractivity contribution in [3.8, 4) is 5.75 Å². The molecule has 4 heteroatoms. The van der Waals surface area contributed by atoms with Gasteiger partial charge in [0.15, 0.2) is 0 Å². The minimum absolute atomic E-state index is 0.108. The number of carbonyl (C=O) groups is 1. The van der Waals surface area contributed by atoms with Gasteiger partial charge >= 0.3 is 0 Å². The van der Waals surface area contributed by atoms with Crippen molar-refractivity contribution in [2.45, 2.75) is 19.8 Å².